The van der Waals surface area contributed by atoms with Crippen LogP contribution in [0.15, 0.2) is 59.8 Å². The second kappa shape index (κ2) is 7.93. The number of carbonyl (C=O) groups excluding carboxylic acids is 1. The van der Waals surface area contributed by atoms with Gasteiger partial charge in [-0.25, -0.2) is 4.68 Å². The first-order chi connectivity index (χ1) is 13.7. The Hall–Kier alpha value is -3.00. The standard InChI is InChI=1S/C20H21N5O2S/c1-3-27-16-11-9-15(10-12-16)21-19(26)18-17(14-7-5-4-6-8-14)24-25-13(2)22-23-20(25)28-18/h4-12,17-18,24H,3H2,1-2H3,(H,21,26)/t17-,18-/m0/s1. The van der Waals surface area contributed by atoms with Crippen molar-refractivity contribution in [3.63, 3.8) is 0 Å². The summed E-state index contributed by atoms with van der Waals surface area (Å²) in [7, 11) is 0. The zero-order chi connectivity index (χ0) is 19.5. The summed E-state index contributed by atoms with van der Waals surface area (Å²) >= 11 is 1.41. The van der Waals surface area contributed by atoms with Gasteiger partial charge in [-0.2, -0.15) is 0 Å². The van der Waals surface area contributed by atoms with Crippen molar-refractivity contribution in [1.29, 1.82) is 0 Å². The maximum absolute atomic E-state index is 13.1. The molecule has 1 aromatic heterocycles. The van der Waals surface area contributed by atoms with E-state index in [4.69, 9.17) is 4.74 Å². The van der Waals surface area contributed by atoms with Crippen LogP contribution in [0.5, 0.6) is 5.75 Å². The smallest absolute Gasteiger partial charge is 0.240 e. The largest absolute Gasteiger partial charge is 0.494 e. The van der Waals surface area contributed by atoms with Gasteiger partial charge in [-0.1, -0.05) is 42.1 Å². The van der Waals surface area contributed by atoms with E-state index in [1.54, 1.807) is 0 Å². The first kappa shape index (κ1) is 18.4. The van der Waals surface area contributed by atoms with Gasteiger partial charge in [-0.3, -0.25) is 4.79 Å². The fourth-order valence-electron chi connectivity index (χ4n) is 3.09. The van der Waals surface area contributed by atoms with Crippen LogP contribution < -0.4 is 15.5 Å². The van der Waals surface area contributed by atoms with E-state index in [2.05, 4.69) is 20.9 Å². The highest BCUT2D eigenvalue weighted by Crippen LogP contribution is 2.37. The van der Waals surface area contributed by atoms with E-state index in [-0.39, 0.29) is 11.9 Å². The zero-order valence-corrected chi connectivity index (χ0v) is 16.4. The summed E-state index contributed by atoms with van der Waals surface area (Å²) in [5.41, 5.74) is 5.15. The van der Waals surface area contributed by atoms with Gasteiger partial charge in [-0.15, -0.1) is 10.2 Å². The summed E-state index contributed by atoms with van der Waals surface area (Å²) in [5, 5.41) is 11.6. The number of nitrogens with one attached hydrogen (secondary N) is 2. The molecule has 7 nitrogen and oxygen atoms in total. The number of ether oxygens (including phenoxy) is 1. The molecule has 3 aromatic rings. The molecule has 4 rings (SSSR count). The van der Waals surface area contributed by atoms with Crippen molar-refractivity contribution in [2.24, 2.45) is 0 Å². The minimum atomic E-state index is -0.398. The highest BCUT2D eigenvalue weighted by Gasteiger charge is 2.37. The number of anilines is 1. The molecule has 1 aliphatic heterocycles. The molecule has 2 heterocycles. The number of aryl methyl sites for hydroxylation is 1. The van der Waals surface area contributed by atoms with Crippen LogP contribution in [0.4, 0.5) is 5.69 Å². The fourth-order valence-corrected chi connectivity index (χ4v) is 4.21. The summed E-state index contributed by atoms with van der Waals surface area (Å²) in [6.07, 6.45) is 0. The molecule has 0 fully saturated rings. The van der Waals surface area contributed by atoms with Crippen LogP contribution in [0.3, 0.4) is 0 Å². The van der Waals surface area contributed by atoms with Crippen molar-refractivity contribution in [3.8, 4) is 5.75 Å². The van der Waals surface area contributed by atoms with Gasteiger partial charge < -0.3 is 15.5 Å². The maximum atomic E-state index is 13.1. The lowest BCUT2D eigenvalue weighted by molar-refractivity contribution is -0.116. The zero-order valence-electron chi connectivity index (χ0n) is 15.6. The number of amides is 1. The lowest BCUT2D eigenvalue weighted by Gasteiger charge is -2.32. The molecule has 8 heteroatoms. The summed E-state index contributed by atoms with van der Waals surface area (Å²) in [6.45, 7) is 4.43. The molecule has 144 valence electrons. The van der Waals surface area contributed by atoms with Crippen molar-refractivity contribution >= 4 is 23.4 Å². The molecule has 2 N–H and O–H groups in total. The average molecular weight is 395 g/mol. The monoisotopic (exact) mass is 395 g/mol. The van der Waals surface area contributed by atoms with E-state index in [1.807, 2.05) is 73.1 Å². The lowest BCUT2D eigenvalue weighted by Crippen LogP contribution is -2.41. The number of fused-ring (bicyclic) bond motifs is 1. The van der Waals surface area contributed by atoms with Crippen molar-refractivity contribution in [1.82, 2.24) is 14.9 Å². The van der Waals surface area contributed by atoms with E-state index in [0.717, 1.165) is 22.8 Å². The fraction of sp³-hybridized carbons (Fsp3) is 0.250. The van der Waals surface area contributed by atoms with E-state index in [9.17, 15) is 4.79 Å². The number of carbonyl (C=O) groups is 1. The normalized spacial score (nSPS) is 18.1. The third kappa shape index (κ3) is 3.68. The van der Waals surface area contributed by atoms with Gasteiger partial charge in [0.25, 0.3) is 0 Å². The number of hydrogen-bond donors (Lipinski definition) is 2. The lowest BCUT2D eigenvalue weighted by atomic mass is 10.0. The van der Waals surface area contributed by atoms with Crippen molar-refractivity contribution in [2.45, 2.75) is 30.3 Å². The Balaban J connectivity index is 1.58. The second-order valence-electron chi connectivity index (χ2n) is 6.37. The first-order valence-electron chi connectivity index (χ1n) is 9.09. The van der Waals surface area contributed by atoms with Gasteiger partial charge >= 0.3 is 0 Å². The van der Waals surface area contributed by atoms with Crippen molar-refractivity contribution in [3.05, 3.63) is 66.0 Å². The number of nitrogens with zero attached hydrogens (tertiary/aromatic N) is 3. The summed E-state index contributed by atoms with van der Waals surface area (Å²) in [5.74, 6) is 1.44. The van der Waals surface area contributed by atoms with Gasteiger partial charge in [0.1, 0.15) is 16.8 Å². The van der Waals surface area contributed by atoms with Gasteiger partial charge in [0.05, 0.1) is 12.6 Å². The number of benzene rings is 2. The Kier molecular flexibility index (Phi) is 5.21. The second-order valence-corrected chi connectivity index (χ2v) is 7.48. The summed E-state index contributed by atoms with van der Waals surface area (Å²) in [6, 6.07) is 17.1. The van der Waals surface area contributed by atoms with E-state index in [1.165, 1.54) is 11.8 Å². The maximum Gasteiger partial charge on any atom is 0.240 e. The summed E-state index contributed by atoms with van der Waals surface area (Å²) < 4.78 is 7.29. The molecule has 0 bridgehead atoms. The summed E-state index contributed by atoms with van der Waals surface area (Å²) in [4.78, 5) is 13.1. The van der Waals surface area contributed by atoms with E-state index < -0.39 is 5.25 Å². The first-order valence-corrected chi connectivity index (χ1v) is 9.97. The van der Waals surface area contributed by atoms with Gasteiger partial charge in [-0.05, 0) is 43.7 Å². The number of rotatable bonds is 5. The van der Waals surface area contributed by atoms with Crippen LogP contribution in [0.25, 0.3) is 0 Å². The number of aromatic nitrogens is 3. The topological polar surface area (TPSA) is 81.1 Å². The van der Waals surface area contributed by atoms with Crippen LogP contribution >= 0.6 is 11.8 Å². The SMILES string of the molecule is CCOc1ccc(NC(=O)[C@H]2Sc3nnc(C)n3N[C@H]2c2ccccc2)cc1. The van der Waals surface area contributed by atoms with Crippen molar-refractivity contribution in [2.75, 3.05) is 17.3 Å². The molecule has 28 heavy (non-hydrogen) atoms. The minimum absolute atomic E-state index is 0.0950. The molecular weight excluding hydrogens is 374 g/mol. The van der Waals surface area contributed by atoms with Crippen molar-refractivity contribution < 1.29 is 9.53 Å². The van der Waals surface area contributed by atoms with Crippen LogP contribution in [0.2, 0.25) is 0 Å². The molecule has 1 aliphatic rings. The molecule has 2 aromatic carbocycles. The van der Waals surface area contributed by atoms with Gasteiger partial charge in [0.15, 0.2) is 0 Å². The molecule has 0 spiro atoms. The Bertz CT molecular complexity index is 958. The third-order valence-electron chi connectivity index (χ3n) is 4.45. The molecule has 2 atom stereocenters. The van der Waals surface area contributed by atoms with E-state index >= 15 is 0 Å². The van der Waals surface area contributed by atoms with Crippen LogP contribution in [-0.4, -0.2) is 32.6 Å². The molecule has 0 radical (unpaired) electrons. The molecular formula is C20H21N5O2S. The predicted octanol–water partition coefficient (Wildman–Crippen LogP) is 3.38. The molecule has 0 aliphatic carbocycles. The number of hydrogen-bond acceptors (Lipinski definition) is 6. The predicted molar refractivity (Wildman–Crippen MR) is 109 cm³/mol. The molecule has 0 saturated carbocycles. The average Bonchev–Trinajstić information content (AvgIpc) is 3.09. The minimum Gasteiger partial charge on any atom is -0.494 e. The molecule has 1 amide bonds. The quantitative estimate of drug-likeness (QED) is 0.689. The Morgan fingerprint density at radius 1 is 1.18 bits per heavy atom. The highest BCUT2D eigenvalue weighted by atomic mass is 32.2. The molecule has 0 saturated heterocycles. The van der Waals surface area contributed by atoms with Crippen LogP contribution in [-0.2, 0) is 4.79 Å². The van der Waals surface area contributed by atoms with Gasteiger partial charge in [0.2, 0.25) is 11.1 Å². The Morgan fingerprint density at radius 3 is 2.64 bits per heavy atom. The Labute approximate surface area is 167 Å². The van der Waals surface area contributed by atoms with Crippen LogP contribution in [0.1, 0.15) is 24.4 Å². The van der Waals surface area contributed by atoms with Gasteiger partial charge in [0, 0.05) is 5.69 Å². The molecule has 0 unspecified atom stereocenters. The third-order valence-corrected chi connectivity index (χ3v) is 5.66. The Morgan fingerprint density at radius 2 is 1.93 bits per heavy atom. The highest BCUT2D eigenvalue weighted by molar-refractivity contribution is 8.00. The number of thioether (sulfide) groups is 1. The van der Waals surface area contributed by atoms with Crippen LogP contribution in [0, 0.1) is 6.92 Å². The van der Waals surface area contributed by atoms with E-state index in [0.29, 0.717) is 11.8 Å².